The zero-order valence-electron chi connectivity index (χ0n) is 15.3. The Balaban J connectivity index is 2.05. The largest absolute Gasteiger partial charge is 0.368 e. The second-order valence-corrected chi connectivity index (χ2v) is 7.27. The summed E-state index contributed by atoms with van der Waals surface area (Å²) >= 11 is 0. The van der Waals surface area contributed by atoms with Crippen LogP contribution in [0.4, 0.5) is 0 Å². The van der Waals surface area contributed by atoms with Gasteiger partial charge in [0.15, 0.2) is 0 Å². The molecule has 1 aromatic rings. The molecule has 138 valence electrons. The van der Waals surface area contributed by atoms with Crippen molar-refractivity contribution in [2.75, 3.05) is 19.6 Å². The molecule has 0 aromatic carbocycles. The Morgan fingerprint density at radius 3 is 2.84 bits per heavy atom. The van der Waals surface area contributed by atoms with E-state index in [4.69, 9.17) is 5.73 Å². The highest BCUT2D eigenvalue weighted by Gasteiger charge is 2.42. The number of likely N-dealkylation sites (tertiary alicyclic amines) is 1. The number of hydrogen-bond donors (Lipinski definition) is 2. The maximum absolute atomic E-state index is 12.9. The van der Waals surface area contributed by atoms with Gasteiger partial charge in [-0.15, -0.1) is 0 Å². The Bertz CT molecular complexity index is 576. The molecule has 0 radical (unpaired) electrons. The van der Waals surface area contributed by atoms with Gasteiger partial charge >= 0.3 is 0 Å². The molecule has 2 heterocycles. The van der Waals surface area contributed by atoms with Crippen molar-refractivity contribution in [3.63, 3.8) is 0 Å². The summed E-state index contributed by atoms with van der Waals surface area (Å²) in [7, 11) is 0. The van der Waals surface area contributed by atoms with Gasteiger partial charge in [0, 0.05) is 24.5 Å². The third-order valence-electron chi connectivity index (χ3n) is 5.06. The summed E-state index contributed by atoms with van der Waals surface area (Å²) in [6, 6.07) is 6.31. The smallest absolute Gasteiger partial charge is 0.236 e. The standard InChI is InChI=1S/C19H30N4O2/c1-15(2)23-12-6-10-19(14-23,18(25)22-13-17(20)24)9-5-8-16-7-3-4-11-21-16/h3-4,7,11,15H,5-6,8-10,12-14H2,1-2H3,(H2,20,24)(H,22,25). The lowest BCUT2D eigenvalue weighted by molar-refractivity contribution is -0.137. The summed E-state index contributed by atoms with van der Waals surface area (Å²) < 4.78 is 0. The van der Waals surface area contributed by atoms with E-state index in [1.165, 1.54) is 0 Å². The Morgan fingerprint density at radius 1 is 1.40 bits per heavy atom. The average Bonchev–Trinajstić information content (AvgIpc) is 2.60. The lowest BCUT2D eigenvalue weighted by Crippen LogP contribution is -2.54. The number of carbonyl (C=O) groups is 2. The van der Waals surface area contributed by atoms with E-state index in [9.17, 15) is 9.59 Å². The molecular formula is C19H30N4O2. The van der Waals surface area contributed by atoms with Gasteiger partial charge in [-0.05, 0) is 64.6 Å². The Kier molecular flexibility index (Phi) is 6.93. The number of nitrogens with zero attached hydrogens (tertiary/aromatic N) is 2. The molecule has 6 heteroatoms. The lowest BCUT2D eigenvalue weighted by Gasteiger charge is -2.43. The highest BCUT2D eigenvalue weighted by Crippen LogP contribution is 2.36. The number of carbonyl (C=O) groups excluding carboxylic acids is 2. The second-order valence-electron chi connectivity index (χ2n) is 7.27. The molecule has 0 bridgehead atoms. The molecule has 2 rings (SSSR count). The van der Waals surface area contributed by atoms with Gasteiger partial charge in [-0.3, -0.25) is 19.5 Å². The number of nitrogens with one attached hydrogen (secondary N) is 1. The van der Waals surface area contributed by atoms with Gasteiger partial charge in [0.05, 0.1) is 12.0 Å². The zero-order chi connectivity index (χ0) is 18.3. The molecule has 2 amide bonds. The molecular weight excluding hydrogens is 316 g/mol. The van der Waals surface area contributed by atoms with Crippen LogP contribution in [0.15, 0.2) is 24.4 Å². The number of aromatic nitrogens is 1. The van der Waals surface area contributed by atoms with Gasteiger partial charge in [-0.2, -0.15) is 0 Å². The molecule has 1 aromatic heterocycles. The fourth-order valence-electron chi connectivity index (χ4n) is 3.62. The molecule has 1 atom stereocenters. The fraction of sp³-hybridized carbons (Fsp3) is 0.632. The number of primary amides is 1. The lowest BCUT2D eigenvalue weighted by atomic mass is 9.74. The number of pyridine rings is 1. The van der Waals surface area contributed by atoms with Crippen LogP contribution in [0.5, 0.6) is 0 Å². The monoisotopic (exact) mass is 346 g/mol. The first-order valence-electron chi connectivity index (χ1n) is 9.13. The summed E-state index contributed by atoms with van der Waals surface area (Å²) in [6.45, 7) is 5.97. The maximum atomic E-state index is 12.9. The molecule has 3 N–H and O–H groups in total. The van der Waals surface area contributed by atoms with Crippen LogP contribution < -0.4 is 11.1 Å². The van der Waals surface area contributed by atoms with Crippen LogP contribution >= 0.6 is 0 Å². The number of rotatable bonds is 8. The number of piperidine rings is 1. The van der Waals surface area contributed by atoms with Crippen molar-refractivity contribution in [2.45, 2.75) is 52.0 Å². The minimum Gasteiger partial charge on any atom is -0.368 e. The summed E-state index contributed by atoms with van der Waals surface area (Å²) in [5, 5.41) is 2.75. The maximum Gasteiger partial charge on any atom is 0.236 e. The van der Waals surface area contributed by atoms with Gasteiger partial charge in [0.25, 0.3) is 0 Å². The third-order valence-corrected chi connectivity index (χ3v) is 5.06. The first kappa shape index (κ1) is 19.4. The molecule has 1 aliphatic heterocycles. The summed E-state index contributed by atoms with van der Waals surface area (Å²) in [4.78, 5) is 30.6. The second kappa shape index (κ2) is 8.94. The third kappa shape index (κ3) is 5.53. The molecule has 0 spiro atoms. The topological polar surface area (TPSA) is 88.3 Å². The Morgan fingerprint density at radius 2 is 2.20 bits per heavy atom. The van der Waals surface area contributed by atoms with Crippen LogP contribution in [-0.2, 0) is 16.0 Å². The van der Waals surface area contributed by atoms with Crippen LogP contribution in [0.1, 0.15) is 45.2 Å². The summed E-state index contributed by atoms with van der Waals surface area (Å²) in [5.74, 6) is -0.550. The summed E-state index contributed by atoms with van der Waals surface area (Å²) in [5.41, 5.74) is 5.79. The van der Waals surface area contributed by atoms with Gasteiger partial charge in [-0.1, -0.05) is 6.07 Å². The normalized spacial score (nSPS) is 21.2. The quantitative estimate of drug-likeness (QED) is 0.746. The van der Waals surface area contributed by atoms with E-state index in [1.807, 2.05) is 18.2 Å². The molecule has 1 aliphatic rings. The Hall–Kier alpha value is -1.95. The zero-order valence-corrected chi connectivity index (χ0v) is 15.3. The van der Waals surface area contributed by atoms with Crippen molar-refractivity contribution in [3.8, 4) is 0 Å². The number of aryl methyl sites for hydroxylation is 1. The predicted octanol–water partition coefficient (Wildman–Crippen LogP) is 1.50. The van der Waals surface area contributed by atoms with Crippen molar-refractivity contribution in [1.82, 2.24) is 15.2 Å². The molecule has 1 unspecified atom stereocenters. The summed E-state index contributed by atoms with van der Waals surface area (Å²) in [6.07, 6.45) is 6.18. The predicted molar refractivity (Wildman–Crippen MR) is 97.8 cm³/mol. The van der Waals surface area contributed by atoms with E-state index in [0.29, 0.717) is 6.04 Å². The van der Waals surface area contributed by atoms with Crippen LogP contribution in [0, 0.1) is 5.41 Å². The van der Waals surface area contributed by atoms with Crippen molar-refractivity contribution >= 4 is 11.8 Å². The molecule has 0 aliphatic carbocycles. The van der Waals surface area contributed by atoms with Crippen molar-refractivity contribution in [2.24, 2.45) is 11.1 Å². The van der Waals surface area contributed by atoms with Crippen LogP contribution in [0.25, 0.3) is 0 Å². The SMILES string of the molecule is CC(C)N1CCCC(CCCc2ccccn2)(C(=O)NCC(N)=O)C1. The first-order chi connectivity index (χ1) is 11.9. The molecule has 1 fully saturated rings. The van der Waals surface area contributed by atoms with E-state index in [1.54, 1.807) is 6.20 Å². The van der Waals surface area contributed by atoms with Gasteiger partial charge < -0.3 is 11.1 Å². The van der Waals surface area contributed by atoms with E-state index in [-0.39, 0.29) is 12.5 Å². The van der Waals surface area contributed by atoms with Crippen molar-refractivity contribution in [1.29, 1.82) is 0 Å². The number of amides is 2. The van der Waals surface area contributed by atoms with Crippen LogP contribution in [0.3, 0.4) is 0 Å². The van der Waals surface area contributed by atoms with E-state index >= 15 is 0 Å². The number of hydrogen-bond acceptors (Lipinski definition) is 4. The fourth-order valence-corrected chi connectivity index (χ4v) is 3.62. The van der Waals surface area contributed by atoms with Gasteiger partial charge in [0.2, 0.25) is 11.8 Å². The minimum absolute atomic E-state index is 0.0438. The van der Waals surface area contributed by atoms with Crippen LogP contribution in [-0.4, -0.2) is 47.4 Å². The number of nitrogens with two attached hydrogens (primary N) is 1. The highest BCUT2D eigenvalue weighted by atomic mass is 16.2. The van der Waals surface area contributed by atoms with Gasteiger partial charge in [-0.25, -0.2) is 0 Å². The molecule has 0 saturated carbocycles. The van der Waals surface area contributed by atoms with Crippen LogP contribution in [0.2, 0.25) is 0 Å². The minimum atomic E-state index is -0.506. The molecule has 1 saturated heterocycles. The van der Waals surface area contributed by atoms with Crippen molar-refractivity contribution in [3.05, 3.63) is 30.1 Å². The molecule has 6 nitrogen and oxygen atoms in total. The average molecular weight is 346 g/mol. The Labute approximate surface area is 150 Å². The van der Waals surface area contributed by atoms with E-state index < -0.39 is 11.3 Å². The first-order valence-corrected chi connectivity index (χ1v) is 9.13. The van der Waals surface area contributed by atoms with Gasteiger partial charge in [0.1, 0.15) is 0 Å². The highest BCUT2D eigenvalue weighted by molar-refractivity contribution is 5.87. The van der Waals surface area contributed by atoms with E-state index in [0.717, 1.165) is 50.9 Å². The van der Waals surface area contributed by atoms with Crippen molar-refractivity contribution < 1.29 is 9.59 Å². The van der Waals surface area contributed by atoms with E-state index in [2.05, 4.69) is 29.0 Å². The molecule has 25 heavy (non-hydrogen) atoms.